The second kappa shape index (κ2) is 8.99. The first-order chi connectivity index (χ1) is 13.2. The second-order valence-corrected chi connectivity index (χ2v) is 6.29. The van der Waals surface area contributed by atoms with Gasteiger partial charge in [0.05, 0.1) is 17.7 Å². The highest BCUT2D eigenvalue weighted by molar-refractivity contribution is 5.98. The zero-order chi connectivity index (χ0) is 19.1. The van der Waals surface area contributed by atoms with Gasteiger partial charge in [-0.15, -0.1) is 0 Å². The quantitative estimate of drug-likeness (QED) is 0.320. The fraction of sp³-hybridized carbons (Fsp3) is 0.217. The summed E-state index contributed by atoms with van der Waals surface area (Å²) in [5.41, 5.74) is 0.657. The number of ether oxygens (including phenoxy) is 2. The van der Waals surface area contributed by atoms with E-state index in [1.54, 1.807) is 24.3 Å². The normalized spacial score (nSPS) is 10.6. The smallest absolute Gasteiger partial charge is 0.343 e. The van der Waals surface area contributed by atoms with Crippen LogP contribution in [0.15, 0.2) is 66.7 Å². The summed E-state index contributed by atoms with van der Waals surface area (Å²) in [4.78, 5) is 24.7. The van der Waals surface area contributed by atoms with Crippen molar-refractivity contribution in [3.05, 3.63) is 77.9 Å². The predicted octanol–water partition coefficient (Wildman–Crippen LogP) is 5.41. The largest absolute Gasteiger partial charge is 0.462 e. The van der Waals surface area contributed by atoms with Gasteiger partial charge in [-0.25, -0.2) is 9.59 Å². The summed E-state index contributed by atoms with van der Waals surface area (Å²) in [6, 6.07) is 19.7. The van der Waals surface area contributed by atoms with Gasteiger partial charge in [0.25, 0.3) is 0 Å². The molecule has 0 N–H and O–H groups in total. The summed E-state index contributed by atoms with van der Waals surface area (Å²) >= 11 is 0. The highest BCUT2D eigenvalue weighted by Crippen LogP contribution is 2.26. The lowest BCUT2D eigenvalue weighted by molar-refractivity contribution is 0.0498. The SMILES string of the molecule is CCCCCOC(=O)c1cccc(C(=O)Oc2cccc3ccccc23)c1. The van der Waals surface area contributed by atoms with Crippen LogP contribution in [-0.4, -0.2) is 18.5 Å². The molecule has 27 heavy (non-hydrogen) atoms. The molecule has 0 spiro atoms. The van der Waals surface area contributed by atoms with Gasteiger partial charge in [0.15, 0.2) is 0 Å². The molecule has 0 amide bonds. The van der Waals surface area contributed by atoms with Crippen molar-refractivity contribution in [2.75, 3.05) is 6.61 Å². The van der Waals surface area contributed by atoms with E-state index in [9.17, 15) is 9.59 Å². The van der Waals surface area contributed by atoms with E-state index in [0.29, 0.717) is 23.5 Å². The first-order valence-electron chi connectivity index (χ1n) is 9.16. The van der Waals surface area contributed by atoms with Gasteiger partial charge in [0.2, 0.25) is 0 Å². The average molecular weight is 362 g/mol. The molecule has 0 fully saturated rings. The molecule has 0 unspecified atom stereocenters. The van der Waals surface area contributed by atoms with Crippen LogP contribution in [0.5, 0.6) is 5.75 Å². The first kappa shape index (κ1) is 18.6. The molecule has 0 saturated carbocycles. The summed E-state index contributed by atoms with van der Waals surface area (Å²) < 4.78 is 10.8. The Hall–Kier alpha value is -3.14. The lowest BCUT2D eigenvalue weighted by Gasteiger charge is -2.09. The van der Waals surface area contributed by atoms with E-state index in [-0.39, 0.29) is 0 Å². The third-order valence-electron chi connectivity index (χ3n) is 4.27. The van der Waals surface area contributed by atoms with E-state index in [1.165, 1.54) is 6.07 Å². The molecule has 0 aromatic heterocycles. The van der Waals surface area contributed by atoms with E-state index in [2.05, 4.69) is 6.92 Å². The number of carbonyl (C=O) groups excluding carboxylic acids is 2. The van der Waals surface area contributed by atoms with E-state index < -0.39 is 11.9 Å². The Morgan fingerprint density at radius 3 is 2.33 bits per heavy atom. The molecule has 0 atom stereocenters. The molecule has 3 aromatic carbocycles. The zero-order valence-electron chi connectivity index (χ0n) is 15.3. The van der Waals surface area contributed by atoms with Crippen molar-refractivity contribution < 1.29 is 19.1 Å². The van der Waals surface area contributed by atoms with Crippen molar-refractivity contribution >= 4 is 22.7 Å². The van der Waals surface area contributed by atoms with Gasteiger partial charge >= 0.3 is 11.9 Å². The van der Waals surface area contributed by atoms with Crippen molar-refractivity contribution in [1.82, 2.24) is 0 Å². The Morgan fingerprint density at radius 2 is 1.52 bits per heavy atom. The summed E-state index contributed by atoms with van der Waals surface area (Å²) in [5.74, 6) is -0.441. The van der Waals surface area contributed by atoms with Crippen LogP contribution in [-0.2, 0) is 4.74 Å². The van der Waals surface area contributed by atoms with Gasteiger partial charge in [-0.3, -0.25) is 0 Å². The van der Waals surface area contributed by atoms with E-state index in [0.717, 1.165) is 30.0 Å². The Bertz CT molecular complexity index is 941. The van der Waals surface area contributed by atoms with Gasteiger partial charge in [-0.2, -0.15) is 0 Å². The Morgan fingerprint density at radius 1 is 0.815 bits per heavy atom. The van der Waals surface area contributed by atoms with E-state index in [4.69, 9.17) is 9.47 Å². The Balaban J connectivity index is 1.72. The van der Waals surface area contributed by atoms with Crippen LogP contribution in [0.3, 0.4) is 0 Å². The number of fused-ring (bicyclic) bond motifs is 1. The van der Waals surface area contributed by atoms with Gasteiger partial charge in [0.1, 0.15) is 5.75 Å². The molecule has 3 aromatic rings. The third-order valence-corrected chi connectivity index (χ3v) is 4.27. The maximum absolute atomic E-state index is 12.6. The molecular formula is C23H22O4. The minimum Gasteiger partial charge on any atom is -0.462 e. The fourth-order valence-electron chi connectivity index (χ4n) is 2.82. The lowest BCUT2D eigenvalue weighted by Crippen LogP contribution is -2.11. The van der Waals surface area contributed by atoms with E-state index >= 15 is 0 Å². The van der Waals surface area contributed by atoms with Crippen LogP contribution < -0.4 is 4.74 Å². The zero-order valence-corrected chi connectivity index (χ0v) is 15.3. The molecule has 0 aliphatic rings. The third kappa shape index (κ3) is 4.73. The molecule has 4 heteroatoms. The first-order valence-corrected chi connectivity index (χ1v) is 9.16. The molecule has 0 heterocycles. The van der Waals surface area contributed by atoms with Crippen molar-refractivity contribution in [3.63, 3.8) is 0 Å². The molecule has 0 saturated heterocycles. The maximum Gasteiger partial charge on any atom is 0.343 e. The van der Waals surface area contributed by atoms with Gasteiger partial charge < -0.3 is 9.47 Å². The number of hydrogen-bond acceptors (Lipinski definition) is 4. The van der Waals surface area contributed by atoms with Crippen LogP contribution in [0, 0.1) is 0 Å². The molecule has 138 valence electrons. The standard InChI is InChI=1S/C23H22O4/c1-2-3-6-15-26-22(24)18-11-7-12-19(16-18)23(25)27-21-14-8-10-17-9-4-5-13-20(17)21/h4-5,7-14,16H,2-3,6,15H2,1H3. The van der Waals surface area contributed by atoms with E-state index in [1.807, 2.05) is 36.4 Å². The second-order valence-electron chi connectivity index (χ2n) is 6.29. The van der Waals surface area contributed by atoms with Gasteiger partial charge in [-0.1, -0.05) is 62.2 Å². The summed E-state index contributed by atoms with van der Waals surface area (Å²) in [6.45, 7) is 2.48. The predicted molar refractivity (Wildman–Crippen MR) is 105 cm³/mol. The molecule has 0 radical (unpaired) electrons. The van der Waals surface area contributed by atoms with Crippen molar-refractivity contribution in [2.24, 2.45) is 0 Å². The van der Waals surface area contributed by atoms with Crippen molar-refractivity contribution in [1.29, 1.82) is 0 Å². The fourth-order valence-corrected chi connectivity index (χ4v) is 2.82. The molecule has 0 bridgehead atoms. The molecule has 4 nitrogen and oxygen atoms in total. The minimum atomic E-state index is -0.507. The number of benzene rings is 3. The topological polar surface area (TPSA) is 52.6 Å². The van der Waals surface area contributed by atoms with Gasteiger partial charge in [0, 0.05) is 5.39 Å². The van der Waals surface area contributed by atoms with Gasteiger partial charge in [-0.05, 0) is 36.1 Å². The lowest BCUT2D eigenvalue weighted by atomic mass is 10.1. The Kier molecular flexibility index (Phi) is 6.21. The number of carbonyl (C=O) groups is 2. The van der Waals surface area contributed by atoms with Crippen LogP contribution in [0.4, 0.5) is 0 Å². The number of esters is 2. The van der Waals surface area contributed by atoms with Crippen molar-refractivity contribution in [3.8, 4) is 5.75 Å². The van der Waals surface area contributed by atoms with Crippen LogP contribution in [0.1, 0.15) is 46.9 Å². The number of hydrogen-bond donors (Lipinski definition) is 0. The van der Waals surface area contributed by atoms with Crippen LogP contribution in [0.25, 0.3) is 10.8 Å². The molecule has 3 rings (SSSR count). The highest BCUT2D eigenvalue weighted by atomic mass is 16.5. The molecular weight excluding hydrogens is 340 g/mol. The Labute approximate surface area is 158 Å². The summed E-state index contributed by atoms with van der Waals surface area (Å²) in [6.07, 6.45) is 2.92. The average Bonchev–Trinajstić information content (AvgIpc) is 2.71. The minimum absolute atomic E-state index is 0.311. The molecule has 0 aliphatic carbocycles. The highest BCUT2D eigenvalue weighted by Gasteiger charge is 2.14. The number of rotatable bonds is 7. The maximum atomic E-state index is 12.6. The number of unbranched alkanes of at least 4 members (excludes halogenated alkanes) is 2. The van der Waals surface area contributed by atoms with Crippen LogP contribution in [0.2, 0.25) is 0 Å². The van der Waals surface area contributed by atoms with Crippen LogP contribution >= 0.6 is 0 Å². The summed E-state index contributed by atoms with van der Waals surface area (Å²) in [5, 5.41) is 1.85. The summed E-state index contributed by atoms with van der Waals surface area (Å²) in [7, 11) is 0. The van der Waals surface area contributed by atoms with Crippen molar-refractivity contribution in [2.45, 2.75) is 26.2 Å². The monoisotopic (exact) mass is 362 g/mol. The molecule has 0 aliphatic heterocycles.